The van der Waals surface area contributed by atoms with Gasteiger partial charge in [-0.05, 0) is 12.1 Å². The molecule has 0 saturated heterocycles. The second-order valence-electron chi connectivity index (χ2n) is 2.26. The first-order chi connectivity index (χ1) is 5.29. The molecule has 3 heteroatoms. The number of hydrogen-bond acceptors (Lipinski definition) is 1. The number of carbonyl (C=O) groups is 1. The molecule has 0 aromatic heterocycles. The van der Waals surface area contributed by atoms with E-state index in [4.69, 9.17) is 11.6 Å². The van der Waals surface area contributed by atoms with Crippen LogP contribution in [0.1, 0.15) is 15.9 Å². The molecule has 1 aliphatic heterocycles. The summed E-state index contributed by atoms with van der Waals surface area (Å²) in [6.45, 7) is 0. The van der Waals surface area contributed by atoms with Gasteiger partial charge in [-0.15, -0.1) is 0 Å². The molecule has 0 saturated carbocycles. The third-order valence-corrected chi connectivity index (χ3v) is 1.92. The van der Waals surface area contributed by atoms with Crippen molar-refractivity contribution >= 4 is 23.7 Å². The zero-order valence-corrected chi connectivity index (χ0v) is 6.30. The van der Waals surface area contributed by atoms with Gasteiger partial charge >= 0.3 is 0 Å². The molecule has 0 aliphatic carbocycles. The van der Waals surface area contributed by atoms with Crippen molar-refractivity contribution in [1.29, 1.82) is 0 Å². The largest absolute Gasteiger partial charge is 0.277 e. The van der Waals surface area contributed by atoms with Crippen LogP contribution in [0, 0.1) is 0 Å². The van der Waals surface area contributed by atoms with Crippen molar-refractivity contribution in [2.45, 2.75) is 0 Å². The van der Waals surface area contributed by atoms with Gasteiger partial charge in [-0.25, -0.2) is 4.99 Å². The summed E-state index contributed by atoms with van der Waals surface area (Å²) in [5, 5.41) is 0.581. The molecule has 1 amide bonds. The Bertz CT molecular complexity index is 357. The number of fused-ring (bicyclic) bond motifs is 1. The molecule has 1 heterocycles. The van der Waals surface area contributed by atoms with Gasteiger partial charge in [-0.1, -0.05) is 17.7 Å². The van der Waals surface area contributed by atoms with E-state index < -0.39 is 0 Å². The van der Waals surface area contributed by atoms with Crippen molar-refractivity contribution in [2.75, 3.05) is 0 Å². The van der Waals surface area contributed by atoms with Crippen molar-refractivity contribution in [1.82, 2.24) is 0 Å². The van der Waals surface area contributed by atoms with Crippen LogP contribution in [0.5, 0.6) is 0 Å². The Morgan fingerprint density at radius 2 is 2.18 bits per heavy atom. The lowest BCUT2D eigenvalue weighted by Crippen LogP contribution is -1.90. The van der Waals surface area contributed by atoms with Gasteiger partial charge in [0.1, 0.15) is 0 Å². The smallest absolute Gasteiger partial charge is 0.267 e. The fourth-order valence-corrected chi connectivity index (χ4v) is 1.27. The molecule has 1 aromatic rings. The van der Waals surface area contributed by atoms with Crippen LogP contribution in [-0.2, 0) is 0 Å². The normalized spacial score (nSPS) is 13.7. The Hall–Kier alpha value is -1.15. The zero-order chi connectivity index (χ0) is 7.84. The molecule has 0 N–H and O–H groups in total. The summed E-state index contributed by atoms with van der Waals surface area (Å²) < 4.78 is 0. The minimum atomic E-state index is -0.206. The Morgan fingerprint density at radius 1 is 1.36 bits per heavy atom. The van der Waals surface area contributed by atoms with Crippen LogP contribution in [0.15, 0.2) is 23.2 Å². The Balaban J connectivity index is 2.74. The van der Waals surface area contributed by atoms with E-state index in [2.05, 4.69) is 4.99 Å². The maximum atomic E-state index is 11.0. The number of amides is 1. The van der Waals surface area contributed by atoms with Gasteiger partial charge in [0, 0.05) is 11.8 Å². The van der Waals surface area contributed by atoms with Crippen LogP contribution in [0.3, 0.4) is 0 Å². The minimum absolute atomic E-state index is 0.206. The van der Waals surface area contributed by atoms with E-state index in [1.165, 1.54) is 6.21 Å². The molecule has 0 unspecified atom stereocenters. The molecular weight excluding hydrogens is 162 g/mol. The lowest BCUT2D eigenvalue weighted by atomic mass is 10.1. The number of halogens is 1. The van der Waals surface area contributed by atoms with Crippen molar-refractivity contribution in [2.24, 2.45) is 4.99 Å². The minimum Gasteiger partial charge on any atom is -0.267 e. The lowest BCUT2D eigenvalue weighted by molar-refractivity contribution is 0.101. The van der Waals surface area contributed by atoms with E-state index >= 15 is 0 Å². The number of carbonyl (C=O) groups excluding carboxylic acids is 1. The first-order valence-corrected chi connectivity index (χ1v) is 3.54. The van der Waals surface area contributed by atoms with Crippen LogP contribution in [0.25, 0.3) is 0 Å². The summed E-state index contributed by atoms with van der Waals surface area (Å²) in [6.07, 6.45) is 1.50. The predicted molar refractivity (Wildman–Crippen MR) is 43.4 cm³/mol. The first kappa shape index (κ1) is 6.55. The van der Waals surface area contributed by atoms with Gasteiger partial charge in [-0.2, -0.15) is 0 Å². The van der Waals surface area contributed by atoms with Gasteiger partial charge in [0.25, 0.3) is 5.91 Å². The van der Waals surface area contributed by atoms with E-state index in [9.17, 15) is 4.79 Å². The molecule has 1 aromatic carbocycles. The Morgan fingerprint density at radius 3 is 2.91 bits per heavy atom. The number of benzene rings is 1. The monoisotopic (exact) mass is 165 g/mol. The maximum Gasteiger partial charge on any atom is 0.277 e. The molecule has 2 rings (SSSR count). The molecule has 0 radical (unpaired) electrons. The highest BCUT2D eigenvalue weighted by molar-refractivity contribution is 6.35. The Kier molecular flexibility index (Phi) is 1.29. The van der Waals surface area contributed by atoms with E-state index in [0.717, 1.165) is 5.56 Å². The van der Waals surface area contributed by atoms with Crippen LogP contribution >= 0.6 is 11.6 Å². The molecule has 0 bridgehead atoms. The van der Waals surface area contributed by atoms with Crippen LogP contribution < -0.4 is 0 Å². The van der Waals surface area contributed by atoms with Gasteiger partial charge in [0.15, 0.2) is 0 Å². The molecule has 0 spiro atoms. The molecule has 54 valence electrons. The number of rotatable bonds is 0. The number of nitrogens with zero attached hydrogens (tertiary/aromatic N) is 1. The van der Waals surface area contributed by atoms with Crippen LogP contribution in [0.4, 0.5) is 0 Å². The second kappa shape index (κ2) is 2.17. The van der Waals surface area contributed by atoms with E-state index in [1.54, 1.807) is 18.2 Å². The average Bonchev–Trinajstić information content (AvgIpc) is 2.35. The second-order valence-corrected chi connectivity index (χ2v) is 2.67. The fourth-order valence-electron chi connectivity index (χ4n) is 1.05. The highest BCUT2D eigenvalue weighted by Gasteiger charge is 2.16. The Labute approximate surface area is 68.5 Å². The standard InChI is InChI=1S/C8H4ClNO/c9-7-3-1-2-5-6(7)4-10-8(5)11/h1-4H. The molecule has 0 fully saturated rings. The summed E-state index contributed by atoms with van der Waals surface area (Å²) in [4.78, 5) is 14.6. The summed E-state index contributed by atoms with van der Waals surface area (Å²) in [6, 6.07) is 5.20. The van der Waals surface area contributed by atoms with Crippen molar-refractivity contribution in [3.8, 4) is 0 Å². The highest BCUT2D eigenvalue weighted by Crippen LogP contribution is 2.22. The zero-order valence-electron chi connectivity index (χ0n) is 5.54. The molecule has 1 aliphatic rings. The van der Waals surface area contributed by atoms with E-state index in [0.29, 0.717) is 10.6 Å². The SMILES string of the molecule is O=C1N=Cc2c(Cl)cccc21. The van der Waals surface area contributed by atoms with Crippen molar-refractivity contribution in [3.63, 3.8) is 0 Å². The third kappa shape index (κ3) is 0.870. The van der Waals surface area contributed by atoms with Crippen LogP contribution in [-0.4, -0.2) is 12.1 Å². The lowest BCUT2D eigenvalue weighted by Gasteiger charge is -1.95. The van der Waals surface area contributed by atoms with Crippen molar-refractivity contribution < 1.29 is 4.79 Å². The fraction of sp³-hybridized carbons (Fsp3) is 0. The maximum absolute atomic E-state index is 11.0. The summed E-state index contributed by atoms with van der Waals surface area (Å²) in [5.74, 6) is -0.206. The average molecular weight is 166 g/mol. The molecule has 11 heavy (non-hydrogen) atoms. The topological polar surface area (TPSA) is 29.4 Å². The van der Waals surface area contributed by atoms with Gasteiger partial charge in [-0.3, -0.25) is 4.79 Å². The highest BCUT2D eigenvalue weighted by atomic mass is 35.5. The van der Waals surface area contributed by atoms with Gasteiger partial charge in [0.05, 0.1) is 10.6 Å². The van der Waals surface area contributed by atoms with Gasteiger partial charge < -0.3 is 0 Å². The van der Waals surface area contributed by atoms with Gasteiger partial charge in [0.2, 0.25) is 0 Å². The third-order valence-electron chi connectivity index (χ3n) is 1.59. The molecular formula is C8H4ClNO. The number of hydrogen-bond donors (Lipinski definition) is 0. The molecule has 0 atom stereocenters. The predicted octanol–water partition coefficient (Wildman–Crippen LogP) is 1.91. The summed E-state index contributed by atoms with van der Waals surface area (Å²) in [5.41, 5.74) is 1.33. The summed E-state index contributed by atoms with van der Waals surface area (Å²) >= 11 is 5.79. The number of aliphatic imine (C=N–C) groups is 1. The van der Waals surface area contributed by atoms with Crippen molar-refractivity contribution in [3.05, 3.63) is 34.3 Å². The van der Waals surface area contributed by atoms with Crippen LogP contribution in [0.2, 0.25) is 5.02 Å². The first-order valence-electron chi connectivity index (χ1n) is 3.16. The van der Waals surface area contributed by atoms with E-state index in [-0.39, 0.29) is 5.91 Å². The van der Waals surface area contributed by atoms with E-state index in [1.807, 2.05) is 0 Å². The quantitative estimate of drug-likeness (QED) is 0.578. The summed E-state index contributed by atoms with van der Waals surface area (Å²) in [7, 11) is 0. The molecule has 2 nitrogen and oxygen atoms in total.